The second-order valence-corrected chi connectivity index (χ2v) is 9.79. The highest BCUT2D eigenvalue weighted by molar-refractivity contribution is 7.99. The van der Waals surface area contributed by atoms with Gasteiger partial charge in [-0.25, -0.2) is 13.2 Å². The highest BCUT2D eigenvalue weighted by Gasteiger charge is 2.25. The van der Waals surface area contributed by atoms with E-state index in [1.54, 1.807) is 18.1 Å². The molecular formula is C16H21N5O3S2. The Morgan fingerprint density at radius 1 is 1.31 bits per heavy atom. The van der Waals surface area contributed by atoms with Gasteiger partial charge in [0, 0.05) is 31.1 Å². The van der Waals surface area contributed by atoms with Crippen LogP contribution >= 0.6 is 11.8 Å². The minimum atomic E-state index is -3.01. The molecule has 2 heterocycles. The number of aryl methyl sites for hydroxylation is 1. The smallest absolute Gasteiger partial charge is 0.321 e. The predicted molar refractivity (Wildman–Crippen MR) is 101 cm³/mol. The van der Waals surface area contributed by atoms with Gasteiger partial charge in [0.1, 0.15) is 6.33 Å². The molecule has 1 aliphatic heterocycles. The molecule has 1 atom stereocenters. The Bertz CT molecular complexity index is 883. The SMILES string of the molecule is C[C@H](Sc1nncn1C)c1cccc(NC(=O)N2CCS(=O)(=O)CC2)c1. The number of anilines is 1. The van der Waals surface area contributed by atoms with E-state index in [1.165, 1.54) is 4.90 Å². The van der Waals surface area contributed by atoms with Crippen molar-refractivity contribution in [2.45, 2.75) is 17.3 Å². The van der Waals surface area contributed by atoms with Crippen LogP contribution in [0.2, 0.25) is 0 Å². The lowest BCUT2D eigenvalue weighted by atomic mass is 10.1. The molecule has 1 N–H and O–H groups in total. The van der Waals surface area contributed by atoms with Crippen molar-refractivity contribution in [1.82, 2.24) is 19.7 Å². The number of carbonyl (C=O) groups is 1. The molecule has 0 spiro atoms. The van der Waals surface area contributed by atoms with Gasteiger partial charge >= 0.3 is 6.03 Å². The van der Waals surface area contributed by atoms with Crippen LogP contribution in [0.15, 0.2) is 35.7 Å². The van der Waals surface area contributed by atoms with E-state index < -0.39 is 9.84 Å². The Balaban J connectivity index is 1.63. The summed E-state index contributed by atoms with van der Waals surface area (Å²) in [6, 6.07) is 7.36. The number of amides is 2. The Morgan fingerprint density at radius 3 is 2.69 bits per heavy atom. The normalized spacial score (nSPS) is 17.7. The van der Waals surface area contributed by atoms with E-state index in [-0.39, 0.29) is 35.9 Å². The van der Waals surface area contributed by atoms with Gasteiger partial charge < -0.3 is 14.8 Å². The maximum Gasteiger partial charge on any atom is 0.321 e. The van der Waals surface area contributed by atoms with Gasteiger partial charge in [0.2, 0.25) is 0 Å². The number of benzene rings is 1. The minimum Gasteiger partial charge on any atom is -0.322 e. The Morgan fingerprint density at radius 2 is 2.04 bits per heavy atom. The average molecular weight is 396 g/mol. The molecule has 0 radical (unpaired) electrons. The number of hydrogen-bond donors (Lipinski definition) is 1. The number of nitrogens with zero attached hydrogens (tertiary/aromatic N) is 4. The van der Waals surface area contributed by atoms with Crippen molar-refractivity contribution in [3.8, 4) is 0 Å². The summed E-state index contributed by atoms with van der Waals surface area (Å²) in [6.45, 7) is 2.52. The Labute approximate surface area is 156 Å². The van der Waals surface area contributed by atoms with E-state index >= 15 is 0 Å². The molecule has 1 aromatic carbocycles. The third-order valence-corrected chi connectivity index (χ3v) is 7.01. The third kappa shape index (κ3) is 4.55. The van der Waals surface area contributed by atoms with Crippen molar-refractivity contribution in [2.24, 2.45) is 7.05 Å². The van der Waals surface area contributed by atoms with Gasteiger partial charge in [0.25, 0.3) is 0 Å². The monoisotopic (exact) mass is 395 g/mol. The van der Waals surface area contributed by atoms with E-state index in [0.29, 0.717) is 5.69 Å². The first-order valence-electron chi connectivity index (χ1n) is 8.21. The maximum absolute atomic E-state index is 12.4. The Hall–Kier alpha value is -2.07. The number of urea groups is 1. The lowest BCUT2D eigenvalue weighted by molar-refractivity contribution is 0.216. The van der Waals surface area contributed by atoms with Crippen molar-refractivity contribution in [1.29, 1.82) is 0 Å². The van der Waals surface area contributed by atoms with Crippen LogP contribution in [-0.2, 0) is 16.9 Å². The van der Waals surface area contributed by atoms with Crippen LogP contribution in [0.3, 0.4) is 0 Å². The van der Waals surface area contributed by atoms with Gasteiger partial charge in [-0.1, -0.05) is 23.9 Å². The number of thioether (sulfide) groups is 1. The van der Waals surface area contributed by atoms with Crippen LogP contribution in [0.25, 0.3) is 0 Å². The van der Waals surface area contributed by atoms with Crippen LogP contribution in [-0.4, -0.2) is 58.7 Å². The average Bonchev–Trinajstić information content (AvgIpc) is 3.00. The quantitative estimate of drug-likeness (QED) is 0.795. The number of sulfone groups is 1. The third-order valence-electron chi connectivity index (χ3n) is 4.19. The molecule has 26 heavy (non-hydrogen) atoms. The molecular weight excluding hydrogens is 374 g/mol. The lowest BCUT2D eigenvalue weighted by Gasteiger charge is -2.27. The molecule has 0 unspecified atom stereocenters. The molecule has 2 amide bonds. The molecule has 10 heteroatoms. The first kappa shape index (κ1) is 18.7. The second kappa shape index (κ2) is 7.67. The standard InChI is InChI=1S/C16H21N5O3S2/c1-12(25-16-19-17-11-20(16)2)13-4-3-5-14(10-13)18-15(22)21-6-8-26(23,24)9-7-21/h3-5,10-12H,6-9H2,1-2H3,(H,18,22)/t12-/m0/s1. The lowest BCUT2D eigenvalue weighted by Crippen LogP contribution is -2.45. The summed E-state index contributed by atoms with van der Waals surface area (Å²) in [5, 5.41) is 11.8. The zero-order chi connectivity index (χ0) is 18.7. The number of aromatic nitrogens is 3. The van der Waals surface area contributed by atoms with Crippen molar-refractivity contribution in [3.63, 3.8) is 0 Å². The van der Waals surface area contributed by atoms with E-state index in [4.69, 9.17) is 0 Å². The molecule has 1 aromatic heterocycles. The molecule has 2 aromatic rings. The summed E-state index contributed by atoms with van der Waals surface area (Å²) in [6.07, 6.45) is 1.66. The molecule has 1 aliphatic rings. The second-order valence-electron chi connectivity index (χ2n) is 6.18. The van der Waals surface area contributed by atoms with E-state index in [0.717, 1.165) is 10.7 Å². The summed E-state index contributed by atoms with van der Waals surface area (Å²) in [5.74, 6) is 0.0394. The highest BCUT2D eigenvalue weighted by atomic mass is 32.2. The molecule has 1 saturated heterocycles. The summed E-state index contributed by atoms with van der Waals surface area (Å²) < 4.78 is 24.8. The summed E-state index contributed by atoms with van der Waals surface area (Å²) >= 11 is 1.58. The highest BCUT2D eigenvalue weighted by Crippen LogP contribution is 2.34. The summed E-state index contributed by atoms with van der Waals surface area (Å²) in [5.41, 5.74) is 1.74. The molecule has 140 valence electrons. The van der Waals surface area contributed by atoms with Crippen LogP contribution in [0.1, 0.15) is 17.7 Å². The summed E-state index contributed by atoms with van der Waals surface area (Å²) in [7, 11) is -1.11. The van der Waals surface area contributed by atoms with Gasteiger partial charge in [0.05, 0.1) is 11.5 Å². The van der Waals surface area contributed by atoms with Gasteiger partial charge in [-0.15, -0.1) is 10.2 Å². The van der Waals surface area contributed by atoms with Gasteiger partial charge in [-0.2, -0.15) is 0 Å². The van der Waals surface area contributed by atoms with Crippen molar-refractivity contribution >= 4 is 33.3 Å². The van der Waals surface area contributed by atoms with Gasteiger partial charge in [-0.3, -0.25) is 0 Å². The fraction of sp³-hybridized carbons (Fsp3) is 0.438. The molecule has 3 rings (SSSR count). The maximum atomic E-state index is 12.4. The fourth-order valence-corrected chi connectivity index (χ4v) is 4.70. The summed E-state index contributed by atoms with van der Waals surface area (Å²) in [4.78, 5) is 13.9. The van der Waals surface area contributed by atoms with Crippen molar-refractivity contribution < 1.29 is 13.2 Å². The van der Waals surface area contributed by atoms with E-state index in [1.807, 2.05) is 35.9 Å². The fourth-order valence-electron chi connectivity index (χ4n) is 2.59. The van der Waals surface area contributed by atoms with E-state index in [9.17, 15) is 13.2 Å². The molecule has 0 saturated carbocycles. The number of carbonyl (C=O) groups excluding carboxylic acids is 1. The zero-order valence-corrected chi connectivity index (χ0v) is 16.3. The number of rotatable bonds is 4. The molecule has 1 fully saturated rings. The van der Waals surface area contributed by atoms with Crippen LogP contribution in [0.5, 0.6) is 0 Å². The van der Waals surface area contributed by atoms with Crippen LogP contribution < -0.4 is 5.32 Å². The first-order valence-corrected chi connectivity index (χ1v) is 10.9. The zero-order valence-electron chi connectivity index (χ0n) is 14.6. The molecule has 0 bridgehead atoms. The number of hydrogen-bond acceptors (Lipinski definition) is 6. The topological polar surface area (TPSA) is 97.2 Å². The number of nitrogens with one attached hydrogen (secondary N) is 1. The largest absolute Gasteiger partial charge is 0.322 e. The van der Waals surface area contributed by atoms with Crippen LogP contribution in [0.4, 0.5) is 10.5 Å². The van der Waals surface area contributed by atoms with Crippen molar-refractivity contribution in [2.75, 3.05) is 29.9 Å². The predicted octanol–water partition coefficient (Wildman–Crippen LogP) is 1.93. The Kier molecular flexibility index (Phi) is 5.52. The minimum absolute atomic E-state index is 0.0197. The van der Waals surface area contributed by atoms with Crippen molar-refractivity contribution in [3.05, 3.63) is 36.2 Å². The van der Waals surface area contributed by atoms with Crippen LogP contribution in [0, 0.1) is 0 Å². The molecule has 0 aliphatic carbocycles. The van der Waals surface area contributed by atoms with E-state index in [2.05, 4.69) is 22.4 Å². The van der Waals surface area contributed by atoms with Gasteiger partial charge in [0.15, 0.2) is 15.0 Å². The molecule has 8 nitrogen and oxygen atoms in total. The first-order chi connectivity index (χ1) is 12.3. The van der Waals surface area contributed by atoms with Gasteiger partial charge in [-0.05, 0) is 24.6 Å².